The number of amides is 2. The quantitative estimate of drug-likeness (QED) is 0.298. The predicted molar refractivity (Wildman–Crippen MR) is 136 cm³/mol. The van der Waals surface area contributed by atoms with E-state index >= 15 is 0 Å². The van der Waals surface area contributed by atoms with Gasteiger partial charge >= 0.3 is 6.03 Å². The van der Waals surface area contributed by atoms with Crippen molar-refractivity contribution in [3.63, 3.8) is 0 Å². The molecule has 9 nitrogen and oxygen atoms in total. The molecule has 0 aliphatic carbocycles. The van der Waals surface area contributed by atoms with Crippen LogP contribution < -0.4 is 10.6 Å². The average Bonchev–Trinajstić information content (AvgIpc) is 3.40. The summed E-state index contributed by atoms with van der Waals surface area (Å²) >= 11 is 5.94. The molecule has 1 atom stereocenters. The van der Waals surface area contributed by atoms with E-state index < -0.39 is 0 Å². The fourth-order valence-corrected chi connectivity index (χ4v) is 4.11. The van der Waals surface area contributed by atoms with Gasteiger partial charge < -0.3 is 24.9 Å². The fourth-order valence-electron chi connectivity index (χ4n) is 3.98. The average molecular weight is 492 g/mol. The first-order valence-electron chi connectivity index (χ1n) is 11.3. The van der Waals surface area contributed by atoms with Gasteiger partial charge in [-0.15, -0.1) is 4.99 Å². The second kappa shape index (κ2) is 10.9. The first kappa shape index (κ1) is 24.1. The summed E-state index contributed by atoms with van der Waals surface area (Å²) in [6.07, 6.45) is 4.95. The summed E-state index contributed by atoms with van der Waals surface area (Å²) in [5.74, 6) is 1.34. The van der Waals surface area contributed by atoms with Crippen molar-refractivity contribution in [3.05, 3.63) is 66.1 Å². The van der Waals surface area contributed by atoms with E-state index in [4.69, 9.17) is 16.0 Å². The SMILES string of the molecule is CC(C)C1CN(C(=O)Nc2ccc(Cl)cc2)CCN1/C(=N/C#N)Nc1ccc(-c2cnco2)cc1. The van der Waals surface area contributed by atoms with E-state index in [0.717, 1.165) is 11.3 Å². The third-order valence-corrected chi connectivity index (χ3v) is 6.11. The predicted octanol–water partition coefficient (Wildman–Crippen LogP) is 5.12. The van der Waals surface area contributed by atoms with Gasteiger partial charge in [-0.1, -0.05) is 25.4 Å². The van der Waals surface area contributed by atoms with E-state index in [1.807, 2.05) is 30.5 Å². The Morgan fingerprint density at radius 3 is 2.46 bits per heavy atom. The number of nitriles is 1. The molecule has 0 saturated carbocycles. The molecule has 2 amide bonds. The zero-order valence-corrected chi connectivity index (χ0v) is 20.2. The van der Waals surface area contributed by atoms with E-state index in [1.54, 1.807) is 35.4 Å². The molecule has 10 heteroatoms. The second-order valence-corrected chi connectivity index (χ2v) is 8.93. The Kier molecular flexibility index (Phi) is 7.53. The number of carbonyl (C=O) groups is 1. The van der Waals surface area contributed by atoms with Gasteiger partial charge in [0.25, 0.3) is 0 Å². The van der Waals surface area contributed by atoms with Gasteiger partial charge in [-0.3, -0.25) is 0 Å². The van der Waals surface area contributed by atoms with Gasteiger partial charge in [0.05, 0.1) is 12.2 Å². The lowest BCUT2D eigenvalue weighted by Crippen LogP contribution is -2.60. The molecule has 4 rings (SSSR count). The van der Waals surface area contributed by atoms with Crippen LogP contribution in [0.3, 0.4) is 0 Å². The lowest BCUT2D eigenvalue weighted by atomic mass is 10.00. The number of hydrogen-bond donors (Lipinski definition) is 2. The van der Waals surface area contributed by atoms with Crippen molar-refractivity contribution >= 4 is 35.0 Å². The fraction of sp³-hybridized carbons (Fsp3) is 0.280. The Bertz CT molecular complexity index is 1200. The number of hydrogen-bond acceptors (Lipinski definition) is 5. The maximum atomic E-state index is 12.9. The van der Waals surface area contributed by atoms with Crippen LogP contribution in [0, 0.1) is 17.4 Å². The summed E-state index contributed by atoms with van der Waals surface area (Å²) in [6, 6.07) is 14.4. The van der Waals surface area contributed by atoms with Crippen molar-refractivity contribution in [2.24, 2.45) is 10.9 Å². The molecule has 1 unspecified atom stereocenters. The molecule has 1 saturated heterocycles. The van der Waals surface area contributed by atoms with Crippen molar-refractivity contribution < 1.29 is 9.21 Å². The number of anilines is 2. The summed E-state index contributed by atoms with van der Waals surface area (Å²) in [6.45, 7) is 5.69. The van der Waals surface area contributed by atoms with E-state index in [9.17, 15) is 10.1 Å². The van der Waals surface area contributed by atoms with Gasteiger partial charge in [0, 0.05) is 41.6 Å². The van der Waals surface area contributed by atoms with Crippen molar-refractivity contribution in [1.29, 1.82) is 5.26 Å². The summed E-state index contributed by atoms with van der Waals surface area (Å²) in [5, 5.41) is 16.2. The lowest BCUT2D eigenvalue weighted by Gasteiger charge is -2.44. The Morgan fingerprint density at radius 2 is 1.83 bits per heavy atom. The van der Waals surface area contributed by atoms with Crippen LogP contribution in [0.5, 0.6) is 0 Å². The Hall–Kier alpha value is -4.03. The van der Waals surface area contributed by atoms with E-state index in [2.05, 4.69) is 39.4 Å². The van der Waals surface area contributed by atoms with Crippen molar-refractivity contribution in [2.75, 3.05) is 30.3 Å². The number of aliphatic imine (C=N–C) groups is 1. The van der Waals surface area contributed by atoms with Crippen molar-refractivity contribution in [1.82, 2.24) is 14.8 Å². The summed E-state index contributed by atoms with van der Waals surface area (Å²) < 4.78 is 5.34. The summed E-state index contributed by atoms with van der Waals surface area (Å²) in [7, 11) is 0. The van der Waals surface area contributed by atoms with Crippen LogP contribution in [0.15, 0.2) is 70.5 Å². The summed E-state index contributed by atoms with van der Waals surface area (Å²) in [4.78, 5) is 24.8. The first-order chi connectivity index (χ1) is 16.9. The number of nitrogens with one attached hydrogen (secondary N) is 2. The van der Waals surface area contributed by atoms with Crippen molar-refractivity contribution in [2.45, 2.75) is 19.9 Å². The lowest BCUT2D eigenvalue weighted by molar-refractivity contribution is 0.120. The normalized spacial score (nSPS) is 16.2. The molecule has 180 valence electrons. The standard InChI is InChI=1S/C25H26ClN7O2/c1-17(2)22-14-32(25(34)31-21-9-5-19(26)6-10-21)11-12-33(22)24(29-15-27)30-20-7-3-18(4-8-20)23-13-28-16-35-23/h3-10,13,16-17,22H,11-12,14H2,1-2H3,(H,29,30)(H,31,34). The number of carbonyl (C=O) groups excluding carboxylic acids is 1. The van der Waals surface area contributed by atoms with Crippen LogP contribution in [0.25, 0.3) is 11.3 Å². The largest absolute Gasteiger partial charge is 0.444 e. The Labute approximate surface area is 209 Å². The third kappa shape index (κ3) is 5.91. The highest BCUT2D eigenvalue weighted by Gasteiger charge is 2.33. The maximum absolute atomic E-state index is 12.9. The Morgan fingerprint density at radius 1 is 1.14 bits per heavy atom. The number of aromatic nitrogens is 1. The number of urea groups is 1. The molecule has 1 fully saturated rings. The second-order valence-electron chi connectivity index (χ2n) is 8.49. The van der Waals surface area contributed by atoms with Crippen LogP contribution in [0.4, 0.5) is 16.2 Å². The number of halogens is 1. The number of oxazole rings is 1. The molecule has 35 heavy (non-hydrogen) atoms. The molecule has 3 aromatic rings. The minimum absolute atomic E-state index is 0.0345. The topological polar surface area (TPSA) is 110 Å². The minimum Gasteiger partial charge on any atom is -0.444 e. The number of nitrogens with zero attached hydrogens (tertiary/aromatic N) is 5. The van der Waals surface area contributed by atoms with Gasteiger partial charge in [-0.2, -0.15) is 5.26 Å². The van der Waals surface area contributed by atoms with Crippen LogP contribution in [0.1, 0.15) is 13.8 Å². The molecule has 2 heterocycles. The molecule has 1 aliphatic heterocycles. The monoisotopic (exact) mass is 491 g/mol. The molecular weight excluding hydrogens is 466 g/mol. The van der Waals surface area contributed by atoms with Gasteiger partial charge in [0.15, 0.2) is 12.2 Å². The van der Waals surface area contributed by atoms with Crippen LogP contribution in [0.2, 0.25) is 5.02 Å². The van der Waals surface area contributed by atoms with Crippen molar-refractivity contribution in [3.8, 4) is 17.5 Å². The number of piperazine rings is 1. The van der Waals surface area contributed by atoms with E-state index in [0.29, 0.717) is 42.1 Å². The highest BCUT2D eigenvalue weighted by molar-refractivity contribution is 6.30. The van der Waals surface area contributed by atoms with Gasteiger partial charge in [-0.05, 0) is 54.4 Å². The number of rotatable bonds is 4. The van der Waals surface area contributed by atoms with Gasteiger partial charge in [0.2, 0.25) is 12.2 Å². The smallest absolute Gasteiger partial charge is 0.321 e. The Balaban J connectivity index is 1.46. The molecule has 0 radical (unpaired) electrons. The molecular formula is C25H26ClN7O2. The molecule has 2 aromatic carbocycles. The van der Waals surface area contributed by atoms with Gasteiger partial charge in [0.1, 0.15) is 0 Å². The van der Waals surface area contributed by atoms with Crippen LogP contribution in [-0.2, 0) is 0 Å². The highest BCUT2D eigenvalue weighted by atomic mass is 35.5. The molecule has 1 aromatic heterocycles. The third-order valence-electron chi connectivity index (χ3n) is 5.86. The zero-order chi connectivity index (χ0) is 24.8. The van der Waals surface area contributed by atoms with Gasteiger partial charge in [-0.25, -0.2) is 9.78 Å². The van der Waals surface area contributed by atoms with E-state index in [-0.39, 0.29) is 18.0 Å². The molecule has 1 aliphatic rings. The molecule has 0 spiro atoms. The zero-order valence-electron chi connectivity index (χ0n) is 19.5. The highest BCUT2D eigenvalue weighted by Crippen LogP contribution is 2.23. The molecule has 0 bridgehead atoms. The maximum Gasteiger partial charge on any atom is 0.321 e. The minimum atomic E-state index is -0.174. The first-order valence-corrected chi connectivity index (χ1v) is 11.6. The summed E-state index contributed by atoms with van der Waals surface area (Å²) in [5.41, 5.74) is 2.37. The number of benzene rings is 2. The van der Waals surface area contributed by atoms with Crippen LogP contribution in [-0.4, -0.2) is 52.5 Å². The number of guanidine groups is 1. The van der Waals surface area contributed by atoms with Crippen LogP contribution >= 0.6 is 11.6 Å². The molecule has 2 N–H and O–H groups in total. The van der Waals surface area contributed by atoms with E-state index in [1.165, 1.54) is 6.39 Å².